The van der Waals surface area contributed by atoms with E-state index in [0.29, 0.717) is 33.1 Å². The monoisotopic (exact) mass is 462 g/mol. The van der Waals surface area contributed by atoms with Gasteiger partial charge in [-0.05, 0) is 135 Å². The number of carbonyl (C=O) groups is 1. The predicted molar refractivity (Wildman–Crippen MR) is 131 cm³/mol. The van der Waals surface area contributed by atoms with Crippen molar-refractivity contribution in [1.29, 1.82) is 0 Å². The van der Waals surface area contributed by atoms with Crippen molar-refractivity contribution < 1.29 is 4.79 Å². The highest BCUT2D eigenvalue weighted by Gasteiger charge is 2.86. The molecule has 9 saturated carbocycles. The first kappa shape index (κ1) is 18.3. The number of ketones is 1. The Labute approximate surface area is 195 Å². The maximum absolute atomic E-state index is 13.8. The predicted octanol–water partition coefficient (Wildman–Crippen LogP) is 6.87. The third-order valence-corrected chi connectivity index (χ3v) is 19.6. The van der Waals surface area contributed by atoms with Crippen molar-refractivity contribution in [2.75, 3.05) is 0 Å². The first-order valence-electron chi connectivity index (χ1n) is 14.2. The minimum Gasteiger partial charge on any atom is -0.298 e. The van der Waals surface area contributed by atoms with Crippen LogP contribution in [0.5, 0.6) is 0 Å². The van der Waals surface area contributed by atoms with Crippen LogP contribution in [-0.4, -0.2) is 27.3 Å². The molecule has 0 radical (unpaired) electrons. The van der Waals surface area contributed by atoms with Crippen molar-refractivity contribution in [2.45, 2.75) is 93.5 Å². The second kappa shape index (κ2) is 5.39. The SMILES string of the molecule is O=C1[C@H]2P=C(C34CC5CC(CC(C5)C3)C4)P3[C@H]1C=C[C@H]1[C@@H]2[C@]13C12CC3CC(CC(C3)C1)C2. The van der Waals surface area contributed by atoms with Gasteiger partial charge in [0.15, 0.2) is 5.78 Å². The van der Waals surface area contributed by atoms with Gasteiger partial charge in [-0.1, -0.05) is 28.3 Å². The normalized spacial score (nSPS) is 68.4. The van der Waals surface area contributed by atoms with E-state index >= 15 is 0 Å². The van der Waals surface area contributed by atoms with Crippen molar-refractivity contribution in [3.8, 4) is 0 Å². The Morgan fingerprint density at radius 1 is 0.750 bits per heavy atom. The standard InChI is InChI=1S/C29H36OP2/c30-24-22-2-1-21-23-25(24)31-26(27-9-15-3-16(10-27)5-17(4-15)11-27)32(22)29(21,23)28-12-18-6-19(13-28)8-20(7-18)14-28/h1-2,15-23,25H,3-14H2/t15?,16?,17?,18?,19?,20?,21-,22-,23-,25-,27?,28?,29-,32?/m0/s1. The third kappa shape index (κ3) is 1.81. The van der Waals surface area contributed by atoms with Crippen LogP contribution in [0.3, 0.4) is 0 Å². The molecule has 1 unspecified atom stereocenters. The van der Waals surface area contributed by atoms with Crippen molar-refractivity contribution in [2.24, 2.45) is 58.2 Å². The molecular weight excluding hydrogens is 426 g/mol. The molecule has 0 aromatic carbocycles. The van der Waals surface area contributed by atoms with Gasteiger partial charge in [0.25, 0.3) is 0 Å². The summed E-state index contributed by atoms with van der Waals surface area (Å²) in [6, 6.07) is 0. The van der Waals surface area contributed by atoms with E-state index in [9.17, 15) is 4.79 Å². The Kier molecular flexibility index (Phi) is 3.08. The van der Waals surface area contributed by atoms with E-state index in [4.69, 9.17) is 0 Å². The molecule has 4 aliphatic heterocycles. The minimum atomic E-state index is -0.245. The fraction of sp³-hybridized carbons (Fsp3) is 0.862. The van der Waals surface area contributed by atoms with E-state index < -0.39 is 0 Å². The van der Waals surface area contributed by atoms with E-state index in [2.05, 4.69) is 17.2 Å². The van der Waals surface area contributed by atoms with Gasteiger partial charge in [0.2, 0.25) is 0 Å². The van der Waals surface area contributed by atoms with Gasteiger partial charge in [-0.25, -0.2) is 0 Å². The summed E-state index contributed by atoms with van der Waals surface area (Å²) in [5.74, 6) is 8.54. The molecule has 10 fully saturated rings. The second-order valence-corrected chi connectivity index (χ2v) is 18.9. The van der Waals surface area contributed by atoms with Gasteiger partial charge in [0.1, 0.15) is 0 Å². The molecule has 32 heavy (non-hydrogen) atoms. The highest BCUT2D eigenvalue weighted by Crippen LogP contribution is 2.93. The minimum absolute atomic E-state index is 0.245. The molecular formula is C29H36OP2. The molecule has 3 heteroatoms. The van der Waals surface area contributed by atoms with E-state index in [1.54, 1.807) is 66.0 Å². The molecule has 0 aromatic heterocycles. The lowest BCUT2D eigenvalue weighted by atomic mass is 9.47. The van der Waals surface area contributed by atoms with Crippen molar-refractivity contribution in [3.05, 3.63) is 12.2 Å². The molecule has 13 aliphatic rings. The fourth-order valence-corrected chi connectivity index (χ4v) is 21.7. The fourth-order valence-electron chi connectivity index (χ4n) is 13.6. The molecule has 168 valence electrons. The Morgan fingerprint density at radius 3 is 1.84 bits per heavy atom. The largest absolute Gasteiger partial charge is 0.298 e. The van der Waals surface area contributed by atoms with E-state index in [1.165, 1.54) is 19.3 Å². The smallest absolute Gasteiger partial charge is 0.155 e. The zero-order valence-corrected chi connectivity index (χ0v) is 21.0. The molecule has 0 N–H and O–H groups in total. The van der Waals surface area contributed by atoms with E-state index in [0.717, 1.165) is 47.3 Å². The molecule has 1 saturated heterocycles. The number of hydrogen-bond acceptors (Lipinski definition) is 1. The third-order valence-electron chi connectivity index (χ3n) is 13.3. The van der Waals surface area contributed by atoms with Crippen LogP contribution >= 0.6 is 16.1 Å². The molecule has 0 aromatic rings. The summed E-state index contributed by atoms with van der Waals surface area (Å²) < 4.78 is 0. The Balaban J connectivity index is 1.16. The van der Waals surface area contributed by atoms with E-state index in [1.807, 2.05) is 0 Å². The topological polar surface area (TPSA) is 17.1 Å². The number of Topliss-reactive ketones (excluding diaryl/α,β-unsaturated/α-hetero) is 1. The lowest BCUT2D eigenvalue weighted by Crippen LogP contribution is -2.60. The quantitative estimate of drug-likeness (QED) is 0.323. The Bertz CT molecular complexity index is 967. The first-order valence-corrected chi connectivity index (χ1v) is 16.6. The van der Waals surface area contributed by atoms with Crippen LogP contribution in [-0.2, 0) is 4.79 Å². The zero-order valence-electron chi connectivity index (χ0n) is 19.2. The van der Waals surface area contributed by atoms with Crippen LogP contribution in [0.2, 0.25) is 0 Å². The van der Waals surface area contributed by atoms with Crippen molar-refractivity contribution in [3.63, 3.8) is 0 Å². The molecule has 0 spiro atoms. The maximum Gasteiger partial charge on any atom is 0.155 e. The molecule has 1 nitrogen and oxygen atoms in total. The van der Waals surface area contributed by atoms with Gasteiger partial charge in [0.05, 0.1) is 11.3 Å². The summed E-state index contributed by atoms with van der Waals surface area (Å²) >= 11 is 0. The summed E-state index contributed by atoms with van der Waals surface area (Å²) in [6.07, 6.45) is 23.8. The average molecular weight is 463 g/mol. The van der Waals surface area contributed by atoms with Gasteiger partial charge in [-0.3, -0.25) is 4.79 Å². The highest BCUT2D eigenvalue weighted by molar-refractivity contribution is 7.89. The number of hydrogen-bond donors (Lipinski definition) is 0. The molecule has 6 atom stereocenters. The van der Waals surface area contributed by atoms with Crippen LogP contribution in [0.4, 0.5) is 0 Å². The number of rotatable bonds is 2. The maximum atomic E-state index is 13.8. The lowest BCUT2D eigenvalue weighted by Gasteiger charge is -2.67. The lowest BCUT2D eigenvalue weighted by molar-refractivity contribution is -0.118. The van der Waals surface area contributed by atoms with Crippen LogP contribution < -0.4 is 0 Å². The van der Waals surface area contributed by atoms with Crippen molar-refractivity contribution >= 4 is 26.9 Å². The van der Waals surface area contributed by atoms with Gasteiger partial charge >= 0.3 is 0 Å². The van der Waals surface area contributed by atoms with Crippen molar-refractivity contribution in [1.82, 2.24) is 0 Å². The van der Waals surface area contributed by atoms with Gasteiger partial charge < -0.3 is 0 Å². The van der Waals surface area contributed by atoms with Gasteiger partial charge in [-0.2, -0.15) is 0 Å². The Hall–Kier alpha value is 0.01000. The van der Waals surface area contributed by atoms with Crippen LogP contribution in [0.15, 0.2) is 12.2 Å². The summed E-state index contributed by atoms with van der Waals surface area (Å²) in [6.45, 7) is 0. The molecule has 9 aliphatic carbocycles. The highest BCUT2D eigenvalue weighted by atomic mass is 31.1. The van der Waals surface area contributed by atoms with E-state index in [-0.39, 0.29) is 7.92 Å². The average Bonchev–Trinajstić information content (AvgIpc) is 3.47. The molecule has 13 rings (SSSR count). The molecule has 0 amide bonds. The molecule has 12 bridgehead atoms. The number of carbonyl (C=O) groups excluding carboxylic acids is 1. The van der Waals surface area contributed by atoms with Crippen LogP contribution in [0, 0.1) is 58.2 Å². The zero-order chi connectivity index (χ0) is 20.6. The second-order valence-electron chi connectivity index (χ2n) is 14.8. The first-order chi connectivity index (χ1) is 15.6. The molecule has 4 heterocycles. The van der Waals surface area contributed by atoms with Crippen LogP contribution in [0.1, 0.15) is 77.0 Å². The number of allylic oxidation sites excluding steroid dienone is 2. The summed E-state index contributed by atoms with van der Waals surface area (Å²) in [5.41, 5.74) is 1.98. The van der Waals surface area contributed by atoms with Gasteiger partial charge in [-0.15, -0.1) is 0 Å². The van der Waals surface area contributed by atoms with Crippen LogP contribution in [0.25, 0.3) is 0 Å². The summed E-state index contributed by atoms with van der Waals surface area (Å²) in [5, 5.41) is 2.67. The Morgan fingerprint density at radius 2 is 1.28 bits per heavy atom. The summed E-state index contributed by atoms with van der Waals surface area (Å²) in [7, 11) is 1.34. The summed E-state index contributed by atoms with van der Waals surface area (Å²) in [4.78, 5) is 13.8. The van der Waals surface area contributed by atoms with Gasteiger partial charge in [0, 0.05) is 10.6 Å².